The quantitative estimate of drug-likeness (QED) is 0.898. The molecule has 6 heteroatoms. The second kappa shape index (κ2) is 6.97. The number of aliphatic hydroxyl groups is 1. The second-order valence-electron chi connectivity index (χ2n) is 3.90. The SMILES string of the molecule is CC(CO)N(C)C(=O)COc1ccc(Br)cc1Cl. The zero-order chi connectivity index (χ0) is 13.7. The second-order valence-corrected chi connectivity index (χ2v) is 5.22. The third kappa shape index (κ3) is 4.15. The molecule has 4 nitrogen and oxygen atoms in total. The summed E-state index contributed by atoms with van der Waals surface area (Å²) in [6.07, 6.45) is 0. The molecule has 0 aliphatic heterocycles. The van der Waals surface area contributed by atoms with Crippen molar-refractivity contribution in [1.29, 1.82) is 0 Å². The normalized spacial score (nSPS) is 12.1. The number of aliphatic hydroxyl groups excluding tert-OH is 1. The molecule has 1 atom stereocenters. The summed E-state index contributed by atoms with van der Waals surface area (Å²) in [4.78, 5) is 13.2. The molecule has 100 valence electrons. The lowest BCUT2D eigenvalue weighted by atomic mass is 10.3. The molecular weight excluding hydrogens is 321 g/mol. The first-order valence-electron chi connectivity index (χ1n) is 5.40. The van der Waals surface area contributed by atoms with E-state index in [1.807, 2.05) is 0 Å². The molecule has 0 aliphatic rings. The molecule has 0 aliphatic carbocycles. The summed E-state index contributed by atoms with van der Waals surface area (Å²) in [5, 5.41) is 9.39. The van der Waals surface area contributed by atoms with Crippen LogP contribution in [-0.4, -0.2) is 42.2 Å². The van der Waals surface area contributed by atoms with Gasteiger partial charge in [0.05, 0.1) is 17.7 Å². The maximum atomic E-state index is 11.7. The summed E-state index contributed by atoms with van der Waals surface area (Å²) in [6, 6.07) is 4.93. The Bertz CT molecular complexity index is 428. The van der Waals surface area contributed by atoms with Crippen LogP contribution in [-0.2, 0) is 4.79 Å². The Morgan fingerprint density at radius 2 is 2.28 bits per heavy atom. The molecule has 0 radical (unpaired) electrons. The lowest BCUT2D eigenvalue weighted by molar-refractivity contribution is -0.134. The molecule has 1 unspecified atom stereocenters. The van der Waals surface area contributed by atoms with Crippen molar-refractivity contribution in [3.05, 3.63) is 27.7 Å². The van der Waals surface area contributed by atoms with Gasteiger partial charge in [-0.25, -0.2) is 0 Å². The number of halogens is 2. The van der Waals surface area contributed by atoms with Crippen LogP contribution in [0.4, 0.5) is 0 Å². The van der Waals surface area contributed by atoms with E-state index in [2.05, 4.69) is 15.9 Å². The Labute approximate surface area is 120 Å². The summed E-state index contributed by atoms with van der Waals surface area (Å²) < 4.78 is 6.19. The van der Waals surface area contributed by atoms with Crippen molar-refractivity contribution in [2.24, 2.45) is 0 Å². The number of hydrogen-bond donors (Lipinski definition) is 1. The van der Waals surface area contributed by atoms with Crippen molar-refractivity contribution in [1.82, 2.24) is 4.90 Å². The number of benzene rings is 1. The maximum Gasteiger partial charge on any atom is 0.260 e. The van der Waals surface area contributed by atoms with Crippen molar-refractivity contribution in [3.63, 3.8) is 0 Å². The first-order chi connectivity index (χ1) is 8.45. The Morgan fingerprint density at radius 3 is 2.83 bits per heavy atom. The predicted molar refractivity (Wildman–Crippen MR) is 74.0 cm³/mol. The number of carbonyl (C=O) groups excluding carboxylic acids is 1. The van der Waals surface area contributed by atoms with Crippen molar-refractivity contribution < 1.29 is 14.6 Å². The van der Waals surface area contributed by atoms with E-state index in [-0.39, 0.29) is 25.2 Å². The van der Waals surface area contributed by atoms with E-state index in [1.165, 1.54) is 4.90 Å². The molecule has 0 heterocycles. The van der Waals surface area contributed by atoms with Crippen molar-refractivity contribution in [3.8, 4) is 5.75 Å². The molecule has 1 aromatic rings. The molecule has 0 aromatic heterocycles. The number of nitrogens with zero attached hydrogens (tertiary/aromatic N) is 1. The van der Waals surface area contributed by atoms with Crippen LogP contribution in [0.5, 0.6) is 5.75 Å². The monoisotopic (exact) mass is 335 g/mol. The third-order valence-electron chi connectivity index (χ3n) is 2.56. The van der Waals surface area contributed by atoms with Gasteiger partial charge in [0.15, 0.2) is 6.61 Å². The van der Waals surface area contributed by atoms with Crippen molar-refractivity contribution in [2.75, 3.05) is 20.3 Å². The van der Waals surface area contributed by atoms with Gasteiger partial charge in [-0.05, 0) is 25.1 Å². The van der Waals surface area contributed by atoms with Crippen molar-refractivity contribution in [2.45, 2.75) is 13.0 Å². The minimum Gasteiger partial charge on any atom is -0.482 e. The van der Waals surface area contributed by atoms with Gasteiger partial charge < -0.3 is 14.7 Å². The first kappa shape index (κ1) is 15.3. The van der Waals surface area contributed by atoms with E-state index in [4.69, 9.17) is 21.4 Å². The highest BCUT2D eigenvalue weighted by Crippen LogP contribution is 2.27. The average Bonchev–Trinajstić information content (AvgIpc) is 2.35. The van der Waals surface area contributed by atoms with Crippen LogP contribution in [0.3, 0.4) is 0 Å². The number of likely N-dealkylation sites (N-methyl/N-ethyl adjacent to an activating group) is 1. The zero-order valence-corrected chi connectivity index (χ0v) is 12.5. The standard InChI is InChI=1S/C12H15BrClNO3/c1-8(6-16)15(2)12(17)7-18-11-4-3-9(13)5-10(11)14/h3-5,8,16H,6-7H2,1-2H3. The van der Waals surface area contributed by atoms with Gasteiger partial charge in [0, 0.05) is 11.5 Å². The van der Waals surface area contributed by atoms with Crippen LogP contribution in [0.25, 0.3) is 0 Å². The summed E-state index contributed by atoms with van der Waals surface area (Å²) >= 11 is 9.25. The summed E-state index contributed by atoms with van der Waals surface area (Å²) in [6.45, 7) is 1.56. The van der Waals surface area contributed by atoms with Gasteiger partial charge in [-0.15, -0.1) is 0 Å². The Morgan fingerprint density at radius 1 is 1.61 bits per heavy atom. The fourth-order valence-electron chi connectivity index (χ4n) is 1.20. The highest BCUT2D eigenvalue weighted by molar-refractivity contribution is 9.10. The van der Waals surface area contributed by atoms with Gasteiger partial charge in [-0.2, -0.15) is 0 Å². The van der Waals surface area contributed by atoms with Gasteiger partial charge in [-0.3, -0.25) is 4.79 Å². The molecule has 1 N–H and O–H groups in total. The van der Waals surface area contributed by atoms with E-state index in [0.717, 1.165) is 4.47 Å². The van der Waals surface area contributed by atoms with Crippen LogP contribution >= 0.6 is 27.5 Å². The molecule has 1 amide bonds. The van der Waals surface area contributed by atoms with E-state index < -0.39 is 0 Å². The number of hydrogen-bond acceptors (Lipinski definition) is 3. The third-order valence-corrected chi connectivity index (χ3v) is 3.35. The van der Waals surface area contributed by atoms with Gasteiger partial charge >= 0.3 is 0 Å². The van der Waals surface area contributed by atoms with Crippen LogP contribution in [0.2, 0.25) is 5.02 Å². The smallest absolute Gasteiger partial charge is 0.260 e. The fraction of sp³-hybridized carbons (Fsp3) is 0.417. The lowest BCUT2D eigenvalue weighted by Gasteiger charge is -2.23. The van der Waals surface area contributed by atoms with Gasteiger partial charge in [0.2, 0.25) is 0 Å². The average molecular weight is 337 g/mol. The van der Waals surface area contributed by atoms with Gasteiger partial charge in [0.25, 0.3) is 5.91 Å². The Kier molecular flexibility index (Phi) is 5.91. The van der Waals surface area contributed by atoms with Crippen LogP contribution in [0, 0.1) is 0 Å². The van der Waals surface area contributed by atoms with Crippen LogP contribution < -0.4 is 4.74 Å². The molecule has 18 heavy (non-hydrogen) atoms. The molecule has 0 bridgehead atoms. The maximum absolute atomic E-state index is 11.7. The minimum absolute atomic E-state index is 0.0821. The van der Waals surface area contributed by atoms with Crippen LogP contribution in [0.1, 0.15) is 6.92 Å². The number of amides is 1. The van der Waals surface area contributed by atoms with Crippen LogP contribution in [0.15, 0.2) is 22.7 Å². The van der Waals surface area contributed by atoms with E-state index in [1.54, 1.807) is 32.2 Å². The molecular formula is C12H15BrClNO3. The molecule has 1 rings (SSSR count). The molecule has 0 saturated heterocycles. The number of carbonyl (C=O) groups is 1. The summed E-state index contributed by atoms with van der Waals surface area (Å²) in [7, 11) is 1.62. The molecule has 0 saturated carbocycles. The largest absolute Gasteiger partial charge is 0.482 e. The van der Waals surface area contributed by atoms with E-state index >= 15 is 0 Å². The Hall–Kier alpha value is -0.780. The molecule has 0 fully saturated rings. The highest BCUT2D eigenvalue weighted by atomic mass is 79.9. The summed E-state index contributed by atoms with van der Waals surface area (Å²) in [5.41, 5.74) is 0. The van der Waals surface area contributed by atoms with E-state index in [9.17, 15) is 4.79 Å². The molecule has 0 spiro atoms. The summed E-state index contributed by atoms with van der Waals surface area (Å²) in [5.74, 6) is 0.244. The van der Waals surface area contributed by atoms with Gasteiger partial charge in [0.1, 0.15) is 5.75 Å². The van der Waals surface area contributed by atoms with Crippen molar-refractivity contribution >= 4 is 33.4 Å². The highest BCUT2D eigenvalue weighted by Gasteiger charge is 2.15. The van der Waals surface area contributed by atoms with E-state index in [0.29, 0.717) is 10.8 Å². The predicted octanol–water partition coefficient (Wildman–Crippen LogP) is 2.32. The minimum atomic E-state index is -0.235. The fourth-order valence-corrected chi connectivity index (χ4v) is 1.93. The lowest BCUT2D eigenvalue weighted by Crippen LogP contribution is -2.40. The van der Waals surface area contributed by atoms with Gasteiger partial charge in [-0.1, -0.05) is 27.5 Å². The first-order valence-corrected chi connectivity index (χ1v) is 6.57. The Balaban J connectivity index is 2.57. The number of rotatable bonds is 5. The topological polar surface area (TPSA) is 49.8 Å². The molecule has 1 aromatic carbocycles. The number of ether oxygens (including phenoxy) is 1. The zero-order valence-electron chi connectivity index (χ0n) is 10.2.